The summed E-state index contributed by atoms with van der Waals surface area (Å²) in [7, 11) is 0. The van der Waals surface area contributed by atoms with Gasteiger partial charge in [0.1, 0.15) is 0 Å². The van der Waals surface area contributed by atoms with Crippen molar-refractivity contribution in [1.82, 2.24) is 15.0 Å². The van der Waals surface area contributed by atoms with Crippen LogP contribution in [0.1, 0.15) is 50.8 Å². The van der Waals surface area contributed by atoms with Gasteiger partial charge < -0.3 is 0 Å². The van der Waals surface area contributed by atoms with Crippen LogP contribution in [0.25, 0.3) is 16.8 Å². The summed E-state index contributed by atoms with van der Waals surface area (Å²) in [4.78, 5) is 0. The normalized spacial score (nSPS) is 11.4. The van der Waals surface area contributed by atoms with E-state index in [0.717, 1.165) is 11.4 Å². The fourth-order valence-corrected chi connectivity index (χ4v) is 2.53. The number of benzene rings is 2. The van der Waals surface area contributed by atoms with Crippen molar-refractivity contribution in [3.8, 4) is 16.8 Å². The third kappa shape index (κ3) is 3.34. The lowest BCUT2D eigenvalue weighted by molar-refractivity contribution is 0.776. The van der Waals surface area contributed by atoms with Gasteiger partial charge in [0.15, 0.2) is 0 Å². The van der Waals surface area contributed by atoms with E-state index in [9.17, 15) is 0 Å². The molecular formula is C20H23N3. The Labute approximate surface area is 138 Å². The van der Waals surface area contributed by atoms with Gasteiger partial charge in [-0.3, -0.25) is 0 Å². The summed E-state index contributed by atoms with van der Waals surface area (Å²) in [5, 5.41) is 8.42. The third-order valence-electron chi connectivity index (χ3n) is 4.15. The van der Waals surface area contributed by atoms with Crippen molar-refractivity contribution in [1.29, 1.82) is 0 Å². The highest BCUT2D eigenvalue weighted by atomic mass is 15.4. The Morgan fingerprint density at radius 3 is 1.78 bits per heavy atom. The van der Waals surface area contributed by atoms with Crippen molar-refractivity contribution in [2.24, 2.45) is 0 Å². The molecule has 0 N–H and O–H groups in total. The fourth-order valence-electron chi connectivity index (χ4n) is 2.53. The SMILES string of the molecule is CC(C)c1ccc(-c2ccc(-n3cc(C(C)C)nn3)cc2)cc1. The molecule has 118 valence electrons. The lowest BCUT2D eigenvalue weighted by Crippen LogP contribution is -1.94. The van der Waals surface area contributed by atoms with Gasteiger partial charge in [-0.25, -0.2) is 4.68 Å². The summed E-state index contributed by atoms with van der Waals surface area (Å²) in [6, 6.07) is 17.2. The first-order valence-corrected chi connectivity index (χ1v) is 8.17. The molecule has 3 heteroatoms. The molecular weight excluding hydrogens is 282 g/mol. The lowest BCUT2D eigenvalue weighted by atomic mass is 9.99. The van der Waals surface area contributed by atoms with Gasteiger partial charge in [-0.15, -0.1) is 5.10 Å². The highest BCUT2D eigenvalue weighted by Gasteiger charge is 2.07. The second kappa shape index (κ2) is 6.37. The Morgan fingerprint density at radius 1 is 0.739 bits per heavy atom. The smallest absolute Gasteiger partial charge is 0.0857 e. The van der Waals surface area contributed by atoms with Crippen LogP contribution in [0.3, 0.4) is 0 Å². The minimum absolute atomic E-state index is 0.391. The van der Waals surface area contributed by atoms with Crippen LogP contribution < -0.4 is 0 Å². The molecule has 0 amide bonds. The van der Waals surface area contributed by atoms with Gasteiger partial charge in [0.05, 0.1) is 17.6 Å². The average molecular weight is 305 g/mol. The number of aromatic nitrogens is 3. The Hall–Kier alpha value is -2.42. The maximum absolute atomic E-state index is 4.21. The van der Waals surface area contributed by atoms with Crippen molar-refractivity contribution in [2.45, 2.75) is 39.5 Å². The molecule has 1 heterocycles. The number of nitrogens with zero attached hydrogens (tertiary/aromatic N) is 3. The van der Waals surface area contributed by atoms with E-state index in [2.05, 4.69) is 86.5 Å². The van der Waals surface area contributed by atoms with E-state index in [1.165, 1.54) is 16.7 Å². The Morgan fingerprint density at radius 2 is 1.30 bits per heavy atom. The van der Waals surface area contributed by atoms with Crippen LogP contribution in [0, 0.1) is 0 Å². The molecule has 0 radical (unpaired) electrons. The number of hydrogen-bond donors (Lipinski definition) is 0. The van der Waals surface area contributed by atoms with Crippen molar-refractivity contribution in [3.05, 3.63) is 66.0 Å². The molecule has 2 aromatic carbocycles. The zero-order valence-electron chi connectivity index (χ0n) is 14.2. The van der Waals surface area contributed by atoms with E-state index < -0.39 is 0 Å². The Kier molecular flexibility index (Phi) is 4.28. The molecule has 0 bridgehead atoms. The second-order valence-electron chi connectivity index (χ2n) is 6.57. The van der Waals surface area contributed by atoms with Gasteiger partial charge in [0.2, 0.25) is 0 Å². The first-order chi connectivity index (χ1) is 11.0. The zero-order valence-corrected chi connectivity index (χ0v) is 14.2. The van der Waals surface area contributed by atoms with Crippen LogP contribution in [0.2, 0.25) is 0 Å². The predicted octanol–water partition coefficient (Wildman–Crippen LogP) is 5.18. The van der Waals surface area contributed by atoms with Crippen molar-refractivity contribution in [3.63, 3.8) is 0 Å². The molecule has 3 nitrogen and oxygen atoms in total. The predicted molar refractivity (Wildman–Crippen MR) is 95.0 cm³/mol. The molecule has 0 saturated heterocycles. The summed E-state index contributed by atoms with van der Waals surface area (Å²) in [6.07, 6.45) is 2.00. The van der Waals surface area contributed by atoms with E-state index in [-0.39, 0.29) is 0 Å². The van der Waals surface area contributed by atoms with E-state index in [1.807, 2.05) is 10.9 Å². The molecule has 0 aliphatic heterocycles. The molecule has 3 aromatic rings. The minimum atomic E-state index is 0.391. The van der Waals surface area contributed by atoms with Gasteiger partial charge >= 0.3 is 0 Å². The summed E-state index contributed by atoms with van der Waals surface area (Å²) < 4.78 is 1.83. The van der Waals surface area contributed by atoms with Crippen LogP contribution in [-0.2, 0) is 0 Å². The van der Waals surface area contributed by atoms with Crippen molar-refractivity contribution < 1.29 is 0 Å². The highest BCUT2D eigenvalue weighted by Crippen LogP contribution is 2.24. The summed E-state index contributed by atoms with van der Waals surface area (Å²) in [6.45, 7) is 8.68. The maximum atomic E-state index is 4.21. The molecule has 0 saturated carbocycles. The highest BCUT2D eigenvalue weighted by molar-refractivity contribution is 5.65. The maximum Gasteiger partial charge on any atom is 0.0857 e. The lowest BCUT2D eigenvalue weighted by Gasteiger charge is -2.08. The van der Waals surface area contributed by atoms with Gasteiger partial charge in [-0.2, -0.15) is 0 Å². The average Bonchev–Trinajstić information content (AvgIpc) is 3.05. The molecule has 0 fully saturated rings. The second-order valence-corrected chi connectivity index (χ2v) is 6.57. The first kappa shape index (κ1) is 15.5. The number of hydrogen-bond acceptors (Lipinski definition) is 2. The van der Waals surface area contributed by atoms with Crippen LogP contribution in [-0.4, -0.2) is 15.0 Å². The molecule has 0 spiro atoms. The summed E-state index contributed by atoms with van der Waals surface area (Å²) in [5.74, 6) is 0.955. The Bertz CT molecular complexity index is 765. The topological polar surface area (TPSA) is 30.7 Å². The summed E-state index contributed by atoms with van der Waals surface area (Å²) in [5.41, 5.74) is 5.87. The van der Waals surface area contributed by atoms with E-state index >= 15 is 0 Å². The molecule has 3 rings (SSSR count). The van der Waals surface area contributed by atoms with Gasteiger partial charge in [0, 0.05) is 0 Å². The third-order valence-corrected chi connectivity index (χ3v) is 4.15. The molecule has 23 heavy (non-hydrogen) atoms. The largest absolute Gasteiger partial charge is 0.220 e. The summed E-state index contributed by atoms with van der Waals surface area (Å²) >= 11 is 0. The van der Waals surface area contributed by atoms with Crippen LogP contribution in [0.15, 0.2) is 54.7 Å². The first-order valence-electron chi connectivity index (χ1n) is 8.17. The molecule has 0 unspecified atom stereocenters. The monoisotopic (exact) mass is 305 g/mol. The minimum Gasteiger partial charge on any atom is -0.220 e. The molecule has 0 atom stereocenters. The molecule has 1 aromatic heterocycles. The molecule has 0 aliphatic rings. The molecule has 0 aliphatic carbocycles. The van der Waals surface area contributed by atoms with Crippen molar-refractivity contribution in [2.75, 3.05) is 0 Å². The quantitative estimate of drug-likeness (QED) is 0.665. The van der Waals surface area contributed by atoms with Crippen LogP contribution in [0.4, 0.5) is 0 Å². The van der Waals surface area contributed by atoms with Gasteiger partial charge in [-0.05, 0) is 40.7 Å². The zero-order chi connectivity index (χ0) is 16.4. The van der Waals surface area contributed by atoms with Gasteiger partial charge in [0.25, 0.3) is 0 Å². The van der Waals surface area contributed by atoms with Crippen LogP contribution in [0.5, 0.6) is 0 Å². The fraction of sp³-hybridized carbons (Fsp3) is 0.300. The van der Waals surface area contributed by atoms with E-state index in [0.29, 0.717) is 11.8 Å². The Balaban J connectivity index is 1.83. The van der Waals surface area contributed by atoms with Gasteiger partial charge in [-0.1, -0.05) is 69.3 Å². The van der Waals surface area contributed by atoms with Crippen LogP contribution >= 0.6 is 0 Å². The standard InChI is InChI=1S/C20H23N3/c1-14(2)16-5-7-17(8-6-16)18-9-11-19(12-10-18)23-13-20(15(3)4)21-22-23/h5-15H,1-4H3. The van der Waals surface area contributed by atoms with E-state index in [1.54, 1.807) is 0 Å². The van der Waals surface area contributed by atoms with E-state index in [4.69, 9.17) is 0 Å². The van der Waals surface area contributed by atoms with Crippen molar-refractivity contribution >= 4 is 0 Å². The number of rotatable bonds is 4.